The van der Waals surface area contributed by atoms with Crippen molar-refractivity contribution in [3.8, 4) is 17.1 Å². The highest BCUT2D eigenvalue weighted by molar-refractivity contribution is 5.77. The van der Waals surface area contributed by atoms with E-state index in [1.54, 1.807) is 18.6 Å². The van der Waals surface area contributed by atoms with Gasteiger partial charge in [-0.3, -0.25) is 4.98 Å². The van der Waals surface area contributed by atoms with E-state index in [2.05, 4.69) is 31.7 Å². The molecule has 8 heteroatoms. The fourth-order valence-electron chi connectivity index (χ4n) is 3.14. The number of aryl methyl sites for hydroxylation is 1. The second kappa shape index (κ2) is 8.87. The van der Waals surface area contributed by atoms with Crippen molar-refractivity contribution in [2.45, 2.75) is 13.5 Å². The first-order valence-corrected chi connectivity index (χ1v) is 9.92. The molecule has 3 heterocycles. The SMILES string of the molecule is CCn1c(-c2ccncc2)nc2cnc(Nc3cccc(OCCN(C)C)c3)nc21. The fraction of sp³-hybridized carbons (Fsp3) is 0.273. The first kappa shape index (κ1) is 19.8. The summed E-state index contributed by atoms with van der Waals surface area (Å²) in [5.74, 6) is 2.18. The van der Waals surface area contributed by atoms with Crippen molar-refractivity contribution in [1.82, 2.24) is 29.4 Å². The lowest BCUT2D eigenvalue weighted by atomic mass is 10.2. The molecule has 0 fully saturated rings. The molecule has 0 aliphatic carbocycles. The van der Waals surface area contributed by atoms with Crippen LogP contribution in [-0.2, 0) is 6.54 Å². The van der Waals surface area contributed by atoms with E-state index in [0.717, 1.165) is 47.1 Å². The minimum Gasteiger partial charge on any atom is -0.492 e. The molecule has 154 valence electrons. The highest BCUT2D eigenvalue weighted by atomic mass is 16.5. The first-order chi connectivity index (χ1) is 14.6. The van der Waals surface area contributed by atoms with Crippen LogP contribution in [-0.4, -0.2) is 56.6 Å². The summed E-state index contributed by atoms with van der Waals surface area (Å²) in [6, 6.07) is 11.7. The van der Waals surface area contributed by atoms with E-state index in [-0.39, 0.29) is 0 Å². The smallest absolute Gasteiger partial charge is 0.229 e. The van der Waals surface area contributed by atoms with Gasteiger partial charge in [0, 0.05) is 42.8 Å². The van der Waals surface area contributed by atoms with Crippen molar-refractivity contribution in [3.05, 3.63) is 55.0 Å². The predicted molar refractivity (Wildman–Crippen MR) is 118 cm³/mol. The largest absolute Gasteiger partial charge is 0.492 e. The standard InChI is InChI=1S/C22H25N7O/c1-4-29-20(16-8-10-23-11-9-16)26-19-15-24-22(27-21(19)29)25-17-6-5-7-18(14-17)30-13-12-28(2)3/h5-11,14-15H,4,12-13H2,1-3H3,(H,24,25,27). The third-order valence-electron chi connectivity index (χ3n) is 4.64. The lowest BCUT2D eigenvalue weighted by Gasteiger charge is -2.12. The van der Waals surface area contributed by atoms with Gasteiger partial charge >= 0.3 is 0 Å². The Balaban J connectivity index is 1.58. The second-order valence-corrected chi connectivity index (χ2v) is 7.12. The summed E-state index contributed by atoms with van der Waals surface area (Å²) in [7, 11) is 4.05. The Morgan fingerprint density at radius 1 is 1.10 bits per heavy atom. The molecule has 8 nitrogen and oxygen atoms in total. The lowest BCUT2D eigenvalue weighted by molar-refractivity contribution is 0.261. The van der Waals surface area contributed by atoms with E-state index in [1.165, 1.54) is 0 Å². The molecule has 4 rings (SSSR count). The van der Waals surface area contributed by atoms with Crippen LogP contribution < -0.4 is 10.1 Å². The number of nitrogens with zero attached hydrogens (tertiary/aromatic N) is 6. The van der Waals surface area contributed by atoms with E-state index in [9.17, 15) is 0 Å². The fourth-order valence-corrected chi connectivity index (χ4v) is 3.14. The van der Waals surface area contributed by atoms with E-state index in [0.29, 0.717) is 12.6 Å². The van der Waals surface area contributed by atoms with Gasteiger partial charge in [0.25, 0.3) is 0 Å². The molecule has 0 amide bonds. The van der Waals surface area contributed by atoms with Crippen LogP contribution in [0.5, 0.6) is 5.75 Å². The topological polar surface area (TPSA) is 81.0 Å². The third-order valence-corrected chi connectivity index (χ3v) is 4.64. The van der Waals surface area contributed by atoms with Crippen LogP contribution in [0.25, 0.3) is 22.6 Å². The summed E-state index contributed by atoms with van der Waals surface area (Å²) >= 11 is 0. The Kier molecular flexibility index (Phi) is 5.85. The average Bonchev–Trinajstić information content (AvgIpc) is 3.12. The van der Waals surface area contributed by atoms with Gasteiger partial charge in [0.2, 0.25) is 5.95 Å². The number of hydrogen-bond donors (Lipinski definition) is 1. The summed E-state index contributed by atoms with van der Waals surface area (Å²) in [6.45, 7) is 4.32. The van der Waals surface area contributed by atoms with E-state index in [1.807, 2.05) is 50.5 Å². The molecule has 1 aromatic carbocycles. The van der Waals surface area contributed by atoms with Crippen LogP contribution in [0.2, 0.25) is 0 Å². The van der Waals surface area contributed by atoms with E-state index < -0.39 is 0 Å². The average molecular weight is 403 g/mol. The minimum atomic E-state index is 0.517. The number of hydrogen-bond acceptors (Lipinski definition) is 7. The third kappa shape index (κ3) is 4.38. The Bertz CT molecular complexity index is 1130. The van der Waals surface area contributed by atoms with Gasteiger partial charge in [-0.15, -0.1) is 0 Å². The molecule has 0 saturated heterocycles. The molecule has 0 saturated carbocycles. The summed E-state index contributed by atoms with van der Waals surface area (Å²) < 4.78 is 7.89. The van der Waals surface area contributed by atoms with Crippen LogP contribution in [0.1, 0.15) is 6.92 Å². The highest BCUT2D eigenvalue weighted by Crippen LogP contribution is 2.25. The van der Waals surface area contributed by atoms with Crippen molar-refractivity contribution in [2.75, 3.05) is 32.6 Å². The number of likely N-dealkylation sites (N-methyl/N-ethyl adjacent to an activating group) is 1. The van der Waals surface area contributed by atoms with E-state index >= 15 is 0 Å². The normalized spacial score (nSPS) is 11.2. The van der Waals surface area contributed by atoms with Crippen LogP contribution in [0, 0.1) is 0 Å². The quantitative estimate of drug-likeness (QED) is 0.481. The Hall–Kier alpha value is -3.52. The van der Waals surface area contributed by atoms with Gasteiger partial charge in [0.15, 0.2) is 5.65 Å². The number of fused-ring (bicyclic) bond motifs is 1. The number of ether oxygens (including phenoxy) is 1. The highest BCUT2D eigenvalue weighted by Gasteiger charge is 2.14. The number of anilines is 2. The Morgan fingerprint density at radius 3 is 2.70 bits per heavy atom. The molecular weight excluding hydrogens is 378 g/mol. The van der Waals surface area contributed by atoms with Gasteiger partial charge < -0.3 is 19.5 Å². The second-order valence-electron chi connectivity index (χ2n) is 7.12. The van der Waals surface area contributed by atoms with Gasteiger partial charge in [0.05, 0.1) is 6.20 Å². The van der Waals surface area contributed by atoms with Crippen molar-refractivity contribution in [2.24, 2.45) is 0 Å². The Morgan fingerprint density at radius 2 is 1.93 bits per heavy atom. The van der Waals surface area contributed by atoms with Crippen LogP contribution in [0.4, 0.5) is 11.6 Å². The van der Waals surface area contributed by atoms with Crippen molar-refractivity contribution in [3.63, 3.8) is 0 Å². The Labute approximate surface area is 175 Å². The van der Waals surface area contributed by atoms with Crippen LogP contribution >= 0.6 is 0 Å². The molecule has 30 heavy (non-hydrogen) atoms. The molecule has 3 aromatic heterocycles. The molecule has 0 atom stereocenters. The van der Waals surface area contributed by atoms with Crippen molar-refractivity contribution >= 4 is 22.8 Å². The van der Waals surface area contributed by atoms with Crippen molar-refractivity contribution in [1.29, 1.82) is 0 Å². The zero-order valence-electron chi connectivity index (χ0n) is 17.4. The molecule has 4 aromatic rings. The number of benzene rings is 1. The minimum absolute atomic E-state index is 0.517. The molecule has 0 spiro atoms. The summed E-state index contributed by atoms with van der Waals surface area (Å²) in [6.07, 6.45) is 5.28. The zero-order valence-corrected chi connectivity index (χ0v) is 17.4. The molecular formula is C22H25N7O. The number of aromatic nitrogens is 5. The first-order valence-electron chi connectivity index (χ1n) is 9.92. The number of imidazole rings is 1. The monoisotopic (exact) mass is 403 g/mol. The lowest BCUT2D eigenvalue weighted by Crippen LogP contribution is -2.19. The predicted octanol–water partition coefficient (Wildman–Crippen LogP) is 3.59. The molecule has 0 aliphatic rings. The summed E-state index contributed by atoms with van der Waals surface area (Å²) in [4.78, 5) is 20.1. The van der Waals surface area contributed by atoms with Crippen LogP contribution in [0.3, 0.4) is 0 Å². The number of rotatable bonds is 8. The maximum atomic E-state index is 5.81. The van der Waals surface area contributed by atoms with Gasteiger partial charge in [-0.1, -0.05) is 6.07 Å². The maximum Gasteiger partial charge on any atom is 0.229 e. The van der Waals surface area contributed by atoms with Crippen LogP contribution in [0.15, 0.2) is 55.0 Å². The van der Waals surface area contributed by atoms with Gasteiger partial charge in [-0.25, -0.2) is 9.97 Å². The molecule has 1 N–H and O–H groups in total. The van der Waals surface area contributed by atoms with Gasteiger partial charge in [0.1, 0.15) is 23.7 Å². The molecule has 0 radical (unpaired) electrons. The molecule has 0 unspecified atom stereocenters. The molecule has 0 bridgehead atoms. The summed E-state index contributed by atoms with van der Waals surface area (Å²) in [5, 5.41) is 3.27. The maximum absolute atomic E-state index is 5.81. The number of pyridine rings is 1. The zero-order chi connectivity index (χ0) is 20.9. The van der Waals surface area contributed by atoms with Gasteiger partial charge in [-0.2, -0.15) is 4.98 Å². The van der Waals surface area contributed by atoms with Crippen molar-refractivity contribution < 1.29 is 4.74 Å². The van der Waals surface area contributed by atoms with Gasteiger partial charge in [-0.05, 0) is 45.3 Å². The van der Waals surface area contributed by atoms with E-state index in [4.69, 9.17) is 14.7 Å². The summed E-state index contributed by atoms with van der Waals surface area (Å²) in [5.41, 5.74) is 3.42. The molecule has 0 aliphatic heterocycles. The number of nitrogens with one attached hydrogen (secondary N) is 1.